The van der Waals surface area contributed by atoms with E-state index in [4.69, 9.17) is 16.3 Å². The highest BCUT2D eigenvalue weighted by Crippen LogP contribution is 2.31. The second-order valence-electron chi connectivity index (χ2n) is 3.10. The molecule has 0 aromatic heterocycles. The van der Waals surface area contributed by atoms with Crippen LogP contribution in [0.25, 0.3) is 0 Å². The summed E-state index contributed by atoms with van der Waals surface area (Å²) in [4.78, 5) is 0. The van der Waals surface area contributed by atoms with Crippen LogP contribution in [-0.4, -0.2) is 13.3 Å². The molecular formula is C10H10ClF3O. The van der Waals surface area contributed by atoms with Gasteiger partial charge in [-0.25, -0.2) is 0 Å². The molecule has 15 heavy (non-hydrogen) atoms. The van der Waals surface area contributed by atoms with Gasteiger partial charge in [0, 0.05) is 12.1 Å². The first-order valence-corrected chi connectivity index (χ1v) is 4.65. The van der Waals surface area contributed by atoms with Crippen molar-refractivity contribution in [2.75, 3.05) is 7.11 Å². The normalized spacial score (nSPS) is 13.9. The van der Waals surface area contributed by atoms with E-state index in [1.807, 2.05) is 0 Å². The summed E-state index contributed by atoms with van der Waals surface area (Å²) in [6.07, 6.45) is -6.20. The van der Waals surface area contributed by atoms with E-state index in [1.54, 1.807) is 12.1 Å². The monoisotopic (exact) mass is 238 g/mol. The zero-order valence-electron chi connectivity index (χ0n) is 8.01. The number of hydrogen-bond acceptors (Lipinski definition) is 1. The lowest BCUT2D eigenvalue weighted by Crippen LogP contribution is -2.15. The molecule has 1 nitrogen and oxygen atoms in total. The van der Waals surface area contributed by atoms with E-state index < -0.39 is 18.7 Å². The standard InChI is InChI=1S/C10H10ClF3O/c1-15-9(6-10(12,13)14)7-2-4-8(11)5-3-7/h2-5,9H,6H2,1H3. The van der Waals surface area contributed by atoms with Crippen molar-refractivity contribution in [3.63, 3.8) is 0 Å². The molecule has 0 aliphatic rings. The van der Waals surface area contributed by atoms with E-state index in [9.17, 15) is 13.2 Å². The Bertz CT molecular complexity index is 307. The fraction of sp³-hybridized carbons (Fsp3) is 0.400. The zero-order valence-corrected chi connectivity index (χ0v) is 8.77. The number of halogens is 4. The quantitative estimate of drug-likeness (QED) is 0.774. The molecule has 0 aliphatic heterocycles. The summed E-state index contributed by atoms with van der Waals surface area (Å²) in [6.45, 7) is 0. The lowest BCUT2D eigenvalue weighted by atomic mass is 10.1. The average Bonchev–Trinajstić information content (AvgIpc) is 2.14. The first-order chi connectivity index (χ1) is 6.92. The summed E-state index contributed by atoms with van der Waals surface area (Å²) in [5, 5.41) is 0.487. The van der Waals surface area contributed by atoms with Crippen LogP contribution in [0.5, 0.6) is 0 Å². The molecule has 0 N–H and O–H groups in total. The summed E-state index contributed by atoms with van der Waals surface area (Å²) < 4.78 is 41.2. The van der Waals surface area contributed by atoms with Crippen molar-refractivity contribution >= 4 is 11.6 Å². The first-order valence-electron chi connectivity index (χ1n) is 4.27. The molecule has 0 bridgehead atoms. The molecule has 0 spiro atoms. The highest BCUT2D eigenvalue weighted by Gasteiger charge is 2.32. The van der Waals surface area contributed by atoms with E-state index in [0.717, 1.165) is 0 Å². The summed E-state index contributed by atoms with van der Waals surface area (Å²) in [6, 6.07) is 6.14. The molecule has 0 saturated heterocycles. The van der Waals surface area contributed by atoms with Gasteiger partial charge in [0.2, 0.25) is 0 Å². The largest absolute Gasteiger partial charge is 0.391 e. The second-order valence-corrected chi connectivity index (χ2v) is 3.53. The van der Waals surface area contributed by atoms with Gasteiger partial charge in [-0.05, 0) is 17.7 Å². The van der Waals surface area contributed by atoms with Crippen LogP contribution in [0, 0.1) is 0 Å². The molecule has 1 aromatic carbocycles. The topological polar surface area (TPSA) is 9.23 Å². The van der Waals surface area contributed by atoms with Gasteiger partial charge in [0.25, 0.3) is 0 Å². The Morgan fingerprint density at radius 2 is 1.80 bits per heavy atom. The summed E-state index contributed by atoms with van der Waals surface area (Å²) in [5.41, 5.74) is 0.472. The van der Waals surface area contributed by atoms with Gasteiger partial charge >= 0.3 is 6.18 Å². The van der Waals surface area contributed by atoms with E-state index in [-0.39, 0.29) is 0 Å². The molecule has 1 atom stereocenters. The maximum atomic E-state index is 12.2. The smallest absolute Gasteiger partial charge is 0.376 e. The maximum Gasteiger partial charge on any atom is 0.391 e. The third-order valence-corrected chi connectivity index (χ3v) is 2.20. The van der Waals surface area contributed by atoms with Gasteiger partial charge in [0.05, 0.1) is 12.5 Å². The molecule has 5 heteroatoms. The predicted molar refractivity (Wildman–Crippen MR) is 51.9 cm³/mol. The molecule has 1 unspecified atom stereocenters. The number of ether oxygens (including phenoxy) is 1. The third-order valence-electron chi connectivity index (χ3n) is 1.94. The van der Waals surface area contributed by atoms with Gasteiger partial charge in [0.1, 0.15) is 0 Å². The van der Waals surface area contributed by atoms with E-state index in [1.165, 1.54) is 19.2 Å². The van der Waals surface area contributed by atoms with Crippen LogP contribution in [0.2, 0.25) is 5.02 Å². The van der Waals surface area contributed by atoms with Crippen molar-refractivity contribution in [2.45, 2.75) is 18.7 Å². The van der Waals surface area contributed by atoms with Crippen molar-refractivity contribution in [2.24, 2.45) is 0 Å². The van der Waals surface area contributed by atoms with Crippen molar-refractivity contribution in [3.05, 3.63) is 34.9 Å². The Morgan fingerprint density at radius 1 is 1.27 bits per heavy atom. The number of alkyl halides is 3. The van der Waals surface area contributed by atoms with Gasteiger partial charge in [0.15, 0.2) is 0 Å². The van der Waals surface area contributed by atoms with Gasteiger partial charge in [-0.2, -0.15) is 13.2 Å². The summed E-state index contributed by atoms with van der Waals surface area (Å²) >= 11 is 5.63. The molecule has 0 saturated carbocycles. The number of methoxy groups -OCH3 is 1. The molecule has 1 rings (SSSR count). The minimum atomic E-state index is -4.24. The fourth-order valence-electron chi connectivity index (χ4n) is 1.22. The highest BCUT2D eigenvalue weighted by molar-refractivity contribution is 6.30. The van der Waals surface area contributed by atoms with Crippen LogP contribution in [0.3, 0.4) is 0 Å². The Kier molecular flexibility index (Phi) is 3.99. The van der Waals surface area contributed by atoms with Crippen LogP contribution in [-0.2, 0) is 4.74 Å². The molecule has 84 valence electrons. The lowest BCUT2D eigenvalue weighted by molar-refractivity contribution is -0.158. The lowest BCUT2D eigenvalue weighted by Gasteiger charge is -2.17. The minimum Gasteiger partial charge on any atom is -0.376 e. The molecule has 0 radical (unpaired) electrons. The first kappa shape index (κ1) is 12.3. The molecule has 1 aromatic rings. The Balaban J connectivity index is 2.79. The summed E-state index contributed by atoms with van der Waals surface area (Å²) in [7, 11) is 1.25. The van der Waals surface area contributed by atoms with Crippen LogP contribution < -0.4 is 0 Å². The minimum absolute atomic E-state index is 0.472. The number of hydrogen-bond donors (Lipinski definition) is 0. The van der Waals surface area contributed by atoms with Gasteiger partial charge < -0.3 is 4.74 Å². The van der Waals surface area contributed by atoms with Crippen molar-refractivity contribution in [3.8, 4) is 0 Å². The average molecular weight is 239 g/mol. The SMILES string of the molecule is COC(CC(F)(F)F)c1ccc(Cl)cc1. The highest BCUT2D eigenvalue weighted by atomic mass is 35.5. The van der Waals surface area contributed by atoms with Crippen LogP contribution in [0.4, 0.5) is 13.2 Å². The van der Waals surface area contributed by atoms with E-state index >= 15 is 0 Å². The van der Waals surface area contributed by atoms with Crippen LogP contribution in [0.1, 0.15) is 18.1 Å². The predicted octanol–water partition coefficient (Wildman–Crippen LogP) is 3.98. The molecule has 0 aliphatic carbocycles. The van der Waals surface area contributed by atoms with Gasteiger partial charge in [-0.3, -0.25) is 0 Å². The van der Waals surface area contributed by atoms with Gasteiger partial charge in [-0.1, -0.05) is 23.7 Å². The second kappa shape index (κ2) is 4.86. The molecule has 0 amide bonds. The number of benzene rings is 1. The maximum absolute atomic E-state index is 12.2. The van der Waals surface area contributed by atoms with E-state index in [0.29, 0.717) is 10.6 Å². The summed E-state index contributed by atoms with van der Waals surface area (Å²) in [5.74, 6) is 0. The third kappa shape index (κ3) is 4.10. The Morgan fingerprint density at radius 3 is 2.20 bits per heavy atom. The van der Waals surface area contributed by atoms with Crippen LogP contribution >= 0.6 is 11.6 Å². The fourth-order valence-corrected chi connectivity index (χ4v) is 1.35. The molecule has 0 fully saturated rings. The molecular weight excluding hydrogens is 229 g/mol. The Labute approximate surface area is 90.8 Å². The molecule has 0 heterocycles. The van der Waals surface area contributed by atoms with Crippen molar-refractivity contribution < 1.29 is 17.9 Å². The van der Waals surface area contributed by atoms with E-state index in [2.05, 4.69) is 0 Å². The zero-order chi connectivity index (χ0) is 11.5. The number of rotatable bonds is 3. The van der Waals surface area contributed by atoms with Crippen molar-refractivity contribution in [1.82, 2.24) is 0 Å². The van der Waals surface area contributed by atoms with Gasteiger partial charge in [-0.15, -0.1) is 0 Å². The van der Waals surface area contributed by atoms with Crippen molar-refractivity contribution in [1.29, 1.82) is 0 Å². The Hall–Kier alpha value is -0.740. The van der Waals surface area contributed by atoms with Crippen LogP contribution in [0.15, 0.2) is 24.3 Å².